The van der Waals surface area contributed by atoms with Crippen LogP contribution in [0.4, 0.5) is 5.69 Å². The number of esters is 1. The predicted octanol–water partition coefficient (Wildman–Crippen LogP) is 5.81. The molecule has 188 valence electrons. The van der Waals surface area contributed by atoms with Gasteiger partial charge in [0.05, 0.1) is 36.1 Å². The van der Waals surface area contributed by atoms with Crippen molar-refractivity contribution in [2.75, 3.05) is 12.0 Å². The first-order valence-electron chi connectivity index (χ1n) is 11.7. The molecule has 1 aliphatic rings. The van der Waals surface area contributed by atoms with Crippen molar-refractivity contribution in [1.82, 2.24) is 14.9 Å². The number of ether oxygens (including phenoxy) is 1. The zero-order valence-corrected chi connectivity index (χ0v) is 22.0. The maximum absolute atomic E-state index is 12.2. The SMILES string of the molecule is COC(=O)c1cccc(-n2c(C)cc([C@@H]3[C@H](c4ccccn4)NC(=S)N3c3cc(Cl)ccc3O)c2C)c1. The summed E-state index contributed by atoms with van der Waals surface area (Å²) in [6.07, 6.45) is 1.75. The van der Waals surface area contributed by atoms with E-state index in [0.29, 0.717) is 21.4 Å². The number of nitrogens with one attached hydrogen (secondary N) is 1. The van der Waals surface area contributed by atoms with Crippen LogP contribution < -0.4 is 10.2 Å². The Hall–Kier alpha value is -3.88. The normalized spacial score (nSPS) is 17.1. The molecule has 1 aliphatic heterocycles. The Balaban J connectivity index is 1.69. The van der Waals surface area contributed by atoms with Crippen molar-refractivity contribution in [3.8, 4) is 11.4 Å². The highest BCUT2D eigenvalue weighted by Crippen LogP contribution is 2.46. The van der Waals surface area contributed by atoms with E-state index in [9.17, 15) is 9.90 Å². The fraction of sp³-hybridized carbons (Fsp3) is 0.179. The van der Waals surface area contributed by atoms with E-state index in [0.717, 1.165) is 28.3 Å². The van der Waals surface area contributed by atoms with Gasteiger partial charge < -0.3 is 24.6 Å². The number of carbonyl (C=O) groups excluding carboxylic acids is 1. The van der Waals surface area contributed by atoms with Crippen LogP contribution in [0.5, 0.6) is 5.75 Å². The molecule has 3 heterocycles. The molecule has 1 saturated heterocycles. The lowest BCUT2D eigenvalue weighted by atomic mass is 9.96. The van der Waals surface area contributed by atoms with Gasteiger partial charge in [-0.05, 0) is 86.2 Å². The van der Waals surface area contributed by atoms with Gasteiger partial charge in [0.1, 0.15) is 5.75 Å². The monoisotopic (exact) mass is 532 g/mol. The van der Waals surface area contributed by atoms with E-state index < -0.39 is 5.97 Å². The first-order chi connectivity index (χ1) is 17.8. The van der Waals surface area contributed by atoms with Gasteiger partial charge in [-0.3, -0.25) is 4.98 Å². The van der Waals surface area contributed by atoms with Gasteiger partial charge in [-0.1, -0.05) is 23.7 Å². The average Bonchev–Trinajstić information content (AvgIpc) is 3.40. The number of pyridine rings is 1. The van der Waals surface area contributed by atoms with E-state index in [1.54, 1.807) is 30.5 Å². The maximum atomic E-state index is 12.2. The largest absolute Gasteiger partial charge is 0.506 e. The molecule has 2 aromatic heterocycles. The number of halogens is 1. The Labute approximate surface area is 225 Å². The van der Waals surface area contributed by atoms with Crippen LogP contribution in [0.3, 0.4) is 0 Å². The molecule has 0 unspecified atom stereocenters. The first kappa shape index (κ1) is 24.8. The van der Waals surface area contributed by atoms with Crippen LogP contribution in [0.1, 0.15) is 45.1 Å². The molecule has 0 spiro atoms. The second-order valence-electron chi connectivity index (χ2n) is 8.83. The van der Waals surface area contributed by atoms with Gasteiger partial charge >= 0.3 is 5.97 Å². The van der Waals surface area contributed by atoms with Crippen LogP contribution in [0.25, 0.3) is 5.69 Å². The molecule has 9 heteroatoms. The third-order valence-electron chi connectivity index (χ3n) is 6.61. The summed E-state index contributed by atoms with van der Waals surface area (Å²) < 4.78 is 7.01. The van der Waals surface area contributed by atoms with Crippen molar-refractivity contribution in [2.24, 2.45) is 0 Å². The third kappa shape index (κ3) is 4.43. The number of rotatable bonds is 5. The molecule has 5 rings (SSSR count). The first-order valence-corrected chi connectivity index (χ1v) is 12.5. The summed E-state index contributed by atoms with van der Waals surface area (Å²) in [6, 6.07) is 19.5. The van der Waals surface area contributed by atoms with Gasteiger partial charge in [0.2, 0.25) is 0 Å². The molecule has 37 heavy (non-hydrogen) atoms. The van der Waals surface area contributed by atoms with Crippen molar-refractivity contribution in [3.63, 3.8) is 0 Å². The lowest BCUT2D eigenvalue weighted by Gasteiger charge is -2.28. The Bertz CT molecular complexity index is 1500. The van der Waals surface area contributed by atoms with Gasteiger partial charge in [0.25, 0.3) is 0 Å². The van der Waals surface area contributed by atoms with Crippen LogP contribution >= 0.6 is 23.8 Å². The second kappa shape index (κ2) is 9.88. The van der Waals surface area contributed by atoms with Gasteiger partial charge in [-0.25, -0.2) is 4.79 Å². The van der Waals surface area contributed by atoms with Crippen LogP contribution in [-0.2, 0) is 4.74 Å². The topological polar surface area (TPSA) is 79.6 Å². The van der Waals surface area contributed by atoms with Crippen LogP contribution in [0, 0.1) is 13.8 Å². The lowest BCUT2D eigenvalue weighted by Crippen LogP contribution is -2.29. The van der Waals surface area contributed by atoms with Crippen LogP contribution in [0.15, 0.2) is 72.9 Å². The quantitative estimate of drug-likeness (QED) is 0.248. The van der Waals surface area contributed by atoms with E-state index in [1.807, 2.05) is 55.1 Å². The molecule has 0 amide bonds. The van der Waals surface area contributed by atoms with Crippen molar-refractivity contribution in [1.29, 1.82) is 0 Å². The zero-order chi connectivity index (χ0) is 26.3. The van der Waals surface area contributed by atoms with Gasteiger partial charge in [-0.2, -0.15) is 0 Å². The number of anilines is 1. The molecular formula is C28H25ClN4O3S. The summed E-state index contributed by atoms with van der Waals surface area (Å²) >= 11 is 12.1. The standard InChI is InChI=1S/C28H25ClN4O3S/c1-16-13-21(17(2)32(16)20-8-6-7-18(14-20)27(35)36-3)26-25(22-9-4-5-12-30-22)31-28(37)33(26)23-15-19(29)10-11-24(23)34/h4-15,25-26,34H,1-3H3,(H,31,37)/t25-,26+/m0/s1. The van der Waals surface area contributed by atoms with E-state index in [2.05, 4.69) is 20.9 Å². The van der Waals surface area contributed by atoms with E-state index in [1.165, 1.54) is 7.11 Å². The van der Waals surface area contributed by atoms with Crippen molar-refractivity contribution < 1.29 is 14.6 Å². The minimum Gasteiger partial charge on any atom is -0.506 e. The molecule has 7 nitrogen and oxygen atoms in total. The zero-order valence-electron chi connectivity index (χ0n) is 20.5. The number of aryl methyl sites for hydroxylation is 1. The molecule has 0 radical (unpaired) electrons. The molecule has 0 aliphatic carbocycles. The molecule has 4 aromatic rings. The summed E-state index contributed by atoms with van der Waals surface area (Å²) in [6.45, 7) is 4.04. The summed E-state index contributed by atoms with van der Waals surface area (Å²) in [4.78, 5) is 18.7. The number of hydrogen-bond acceptors (Lipinski definition) is 5. The van der Waals surface area contributed by atoms with Crippen LogP contribution in [0.2, 0.25) is 5.02 Å². The summed E-state index contributed by atoms with van der Waals surface area (Å²) in [7, 11) is 1.37. The average molecular weight is 533 g/mol. The number of methoxy groups -OCH3 is 1. The smallest absolute Gasteiger partial charge is 0.337 e. The molecular weight excluding hydrogens is 508 g/mol. The third-order valence-corrected chi connectivity index (χ3v) is 7.16. The minimum atomic E-state index is -0.396. The predicted molar refractivity (Wildman–Crippen MR) is 148 cm³/mol. The van der Waals surface area contributed by atoms with Crippen LogP contribution in [-0.4, -0.2) is 32.8 Å². The van der Waals surface area contributed by atoms with E-state index in [4.69, 9.17) is 28.6 Å². The number of aromatic nitrogens is 2. The van der Waals surface area contributed by atoms with Crippen molar-refractivity contribution in [2.45, 2.75) is 25.9 Å². The molecule has 2 aromatic carbocycles. The molecule has 1 fully saturated rings. The number of hydrogen-bond donors (Lipinski definition) is 2. The van der Waals surface area contributed by atoms with Crippen molar-refractivity contribution >= 4 is 40.6 Å². The summed E-state index contributed by atoms with van der Waals surface area (Å²) in [5.41, 5.74) is 5.55. The summed E-state index contributed by atoms with van der Waals surface area (Å²) in [5, 5.41) is 15.1. The Morgan fingerprint density at radius 3 is 2.65 bits per heavy atom. The number of thiocarbonyl (C=S) groups is 1. The fourth-order valence-corrected chi connectivity index (χ4v) is 5.50. The van der Waals surface area contributed by atoms with E-state index in [-0.39, 0.29) is 17.8 Å². The van der Waals surface area contributed by atoms with E-state index >= 15 is 0 Å². The number of benzene rings is 2. The molecule has 0 bridgehead atoms. The van der Waals surface area contributed by atoms with Gasteiger partial charge in [0.15, 0.2) is 5.11 Å². The minimum absolute atomic E-state index is 0.0693. The lowest BCUT2D eigenvalue weighted by molar-refractivity contribution is 0.0600. The summed E-state index contributed by atoms with van der Waals surface area (Å²) in [5.74, 6) is -0.326. The number of carbonyl (C=O) groups is 1. The molecule has 0 saturated carbocycles. The number of phenols is 1. The van der Waals surface area contributed by atoms with Crippen molar-refractivity contribution in [3.05, 3.63) is 106 Å². The van der Waals surface area contributed by atoms with Gasteiger partial charge in [0, 0.05) is 28.3 Å². The highest BCUT2D eigenvalue weighted by Gasteiger charge is 2.43. The maximum Gasteiger partial charge on any atom is 0.337 e. The number of aromatic hydroxyl groups is 1. The highest BCUT2D eigenvalue weighted by atomic mass is 35.5. The second-order valence-corrected chi connectivity index (χ2v) is 9.66. The Kier molecular flexibility index (Phi) is 6.62. The molecule has 2 N–H and O–H groups in total. The number of phenolic OH excluding ortho intramolecular Hbond substituents is 1. The van der Waals surface area contributed by atoms with Gasteiger partial charge in [-0.15, -0.1) is 0 Å². The Morgan fingerprint density at radius 1 is 1.11 bits per heavy atom. The fourth-order valence-electron chi connectivity index (χ4n) is 4.99. The molecule has 2 atom stereocenters. The highest BCUT2D eigenvalue weighted by molar-refractivity contribution is 7.80. The number of nitrogens with zero attached hydrogens (tertiary/aromatic N) is 3. The Morgan fingerprint density at radius 2 is 1.92 bits per heavy atom.